The Hall–Kier alpha value is -1.81. The fraction of sp³-hybridized carbons (Fsp3) is 0.308. The predicted octanol–water partition coefficient (Wildman–Crippen LogP) is 1.75. The van der Waals surface area contributed by atoms with Gasteiger partial charge in [-0.1, -0.05) is 12.1 Å². The van der Waals surface area contributed by atoms with Gasteiger partial charge in [0.05, 0.1) is 0 Å². The Kier molecular flexibility index (Phi) is 2.19. The number of fused-ring (bicyclic) bond motifs is 3. The summed E-state index contributed by atoms with van der Waals surface area (Å²) in [5.74, 6) is -0.825. The molecule has 0 bridgehead atoms. The first-order valence-corrected chi connectivity index (χ1v) is 5.74. The lowest BCUT2D eigenvalue weighted by Crippen LogP contribution is -2.34. The van der Waals surface area contributed by atoms with Gasteiger partial charge >= 0.3 is 5.97 Å². The van der Waals surface area contributed by atoms with Crippen LogP contribution in [-0.2, 0) is 11.2 Å². The van der Waals surface area contributed by atoms with Crippen LogP contribution in [0.25, 0.3) is 10.9 Å². The number of nitrogens with one attached hydrogen (secondary N) is 2. The van der Waals surface area contributed by atoms with Crippen LogP contribution in [0.15, 0.2) is 18.2 Å². The van der Waals surface area contributed by atoms with Crippen molar-refractivity contribution in [1.82, 2.24) is 10.3 Å². The Morgan fingerprint density at radius 3 is 3.06 bits per heavy atom. The average Bonchev–Trinajstić information content (AvgIpc) is 2.65. The molecule has 0 saturated heterocycles. The molecular weight excluding hydrogens is 216 g/mol. The van der Waals surface area contributed by atoms with Gasteiger partial charge in [0.25, 0.3) is 0 Å². The number of hydrogen-bond donors (Lipinski definition) is 3. The Morgan fingerprint density at radius 1 is 1.47 bits per heavy atom. The maximum absolute atomic E-state index is 11.2. The first kappa shape index (κ1) is 10.4. The highest BCUT2D eigenvalue weighted by atomic mass is 16.4. The third-order valence-electron chi connectivity index (χ3n) is 3.35. The van der Waals surface area contributed by atoms with Crippen LogP contribution in [0.3, 0.4) is 0 Å². The first-order chi connectivity index (χ1) is 8.16. The van der Waals surface area contributed by atoms with Crippen molar-refractivity contribution in [2.75, 3.05) is 6.54 Å². The van der Waals surface area contributed by atoms with Crippen LogP contribution in [0.4, 0.5) is 0 Å². The highest BCUT2D eigenvalue weighted by Crippen LogP contribution is 2.30. The fourth-order valence-electron chi connectivity index (χ4n) is 2.56. The van der Waals surface area contributed by atoms with Gasteiger partial charge in [0.2, 0.25) is 0 Å². The number of carboxylic acids is 1. The number of hydrogen-bond acceptors (Lipinski definition) is 2. The molecule has 1 aliphatic heterocycles. The van der Waals surface area contributed by atoms with Crippen LogP contribution >= 0.6 is 0 Å². The maximum Gasteiger partial charge on any atom is 0.326 e. The molecule has 0 spiro atoms. The highest BCUT2D eigenvalue weighted by Gasteiger charge is 2.28. The molecule has 17 heavy (non-hydrogen) atoms. The van der Waals surface area contributed by atoms with Gasteiger partial charge in [-0.15, -0.1) is 0 Å². The van der Waals surface area contributed by atoms with Crippen molar-refractivity contribution in [3.8, 4) is 0 Å². The summed E-state index contributed by atoms with van der Waals surface area (Å²) in [5, 5.41) is 13.4. The van der Waals surface area contributed by atoms with Crippen molar-refractivity contribution in [3.05, 3.63) is 35.0 Å². The summed E-state index contributed by atoms with van der Waals surface area (Å²) < 4.78 is 0. The molecule has 0 amide bonds. The zero-order chi connectivity index (χ0) is 12.0. The van der Waals surface area contributed by atoms with E-state index < -0.39 is 12.0 Å². The van der Waals surface area contributed by atoms with E-state index in [-0.39, 0.29) is 0 Å². The van der Waals surface area contributed by atoms with Crippen molar-refractivity contribution in [1.29, 1.82) is 0 Å². The van der Waals surface area contributed by atoms with E-state index in [4.69, 9.17) is 0 Å². The second-order valence-corrected chi connectivity index (χ2v) is 4.54. The number of benzene rings is 1. The standard InChI is InChI=1S/C13H14N2O2/c1-7-2-3-8-9-4-5-14-12(13(16)17)11(9)15-10(8)6-7/h2-3,6,12,14-15H,4-5H2,1H3,(H,16,17). The number of aromatic amines is 1. The molecule has 4 nitrogen and oxygen atoms in total. The normalized spacial score (nSPS) is 19.2. The van der Waals surface area contributed by atoms with E-state index >= 15 is 0 Å². The molecule has 2 aromatic rings. The molecule has 4 heteroatoms. The molecule has 1 aromatic carbocycles. The topological polar surface area (TPSA) is 65.1 Å². The third kappa shape index (κ3) is 1.52. The van der Waals surface area contributed by atoms with E-state index in [1.165, 1.54) is 5.56 Å². The third-order valence-corrected chi connectivity index (χ3v) is 3.35. The summed E-state index contributed by atoms with van der Waals surface area (Å²) in [4.78, 5) is 14.4. The second-order valence-electron chi connectivity index (χ2n) is 4.54. The molecule has 0 fully saturated rings. The second kappa shape index (κ2) is 3.60. The van der Waals surface area contributed by atoms with Gasteiger partial charge in [-0.05, 0) is 30.5 Å². The monoisotopic (exact) mass is 230 g/mol. The molecule has 0 aliphatic carbocycles. The van der Waals surface area contributed by atoms with Crippen molar-refractivity contribution in [3.63, 3.8) is 0 Å². The van der Waals surface area contributed by atoms with Gasteiger partial charge in [-0.2, -0.15) is 0 Å². The van der Waals surface area contributed by atoms with E-state index in [0.717, 1.165) is 28.6 Å². The Labute approximate surface area is 98.6 Å². The fourth-order valence-corrected chi connectivity index (χ4v) is 2.56. The summed E-state index contributed by atoms with van der Waals surface area (Å²) >= 11 is 0. The van der Waals surface area contributed by atoms with Gasteiger partial charge in [-0.25, -0.2) is 0 Å². The van der Waals surface area contributed by atoms with Gasteiger partial charge < -0.3 is 10.1 Å². The van der Waals surface area contributed by atoms with E-state index in [1.807, 2.05) is 6.92 Å². The van der Waals surface area contributed by atoms with E-state index in [9.17, 15) is 9.90 Å². The average molecular weight is 230 g/mol. The van der Waals surface area contributed by atoms with Crippen LogP contribution in [0.2, 0.25) is 0 Å². The molecule has 1 atom stereocenters. The quantitative estimate of drug-likeness (QED) is 0.699. The first-order valence-electron chi connectivity index (χ1n) is 5.74. The molecule has 88 valence electrons. The van der Waals surface area contributed by atoms with Crippen molar-refractivity contribution < 1.29 is 9.90 Å². The summed E-state index contributed by atoms with van der Waals surface area (Å²) in [6.45, 7) is 2.75. The predicted molar refractivity (Wildman–Crippen MR) is 65.1 cm³/mol. The molecule has 1 aromatic heterocycles. The number of aromatic nitrogens is 1. The molecular formula is C13H14N2O2. The molecule has 2 heterocycles. The number of rotatable bonds is 1. The minimum absolute atomic E-state index is 0.605. The molecule has 3 N–H and O–H groups in total. The zero-order valence-electron chi connectivity index (χ0n) is 9.58. The molecule has 1 unspecified atom stereocenters. The van der Waals surface area contributed by atoms with Gasteiger partial charge in [-0.3, -0.25) is 10.1 Å². The lowest BCUT2D eigenvalue weighted by molar-refractivity contribution is -0.139. The van der Waals surface area contributed by atoms with Gasteiger partial charge in [0.1, 0.15) is 6.04 Å². The van der Waals surface area contributed by atoms with Crippen molar-refractivity contribution >= 4 is 16.9 Å². The van der Waals surface area contributed by atoms with Crippen molar-refractivity contribution in [2.24, 2.45) is 0 Å². The van der Waals surface area contributed by atoms with E-state index in [0.29, 0.717) is 6.54 Å². The molecule has 3 rings (SSSR count). The summed E-state index contributed by atoms with van der Waals surface area (Å²) in [6.07, 6.45) is 0.877. The number of aryl methyl sites for hydroxylation is 1. The van der Waals surface area contributed by atoms with Crippen molar-refractivity contribution in [2.45, 2.75) is 19.4 Å². The number of carboxylic acid groups (broad SMARTS) is 1. The maximum atomic E-state index is 11.2. The van der Waals surface area contributed by atoms with Gasteiger partial charge in [0, 0.05) is 23.1 Å². The number of carbonyl (C=O) groups is 1. The minimum Gasteiger partial charge on any atom is -0.480 e. The van der Waals surface area contributed by atoms with E-state index in [1.54, 1.807) is 0 Å². The smallest absolute Gasteiger partial charge is 0.326 e. The molecule has 1 aliphatic rings. The van der Waals surface area contributed by atoms with Crippen LogP contribution in [0.1, 0.15) is 22.9 Å². The Balaban J connectivity index is 2.24. The van der Waals surface area contributed by atoms with Gasteiger partial charge in [0.15, 0.2) is 0 Å². The Morgan fingerprint density at radius 2 is 2.29 bits per heavy atom. The molecule has 0 saturated carbocycles. The van der Waals surface area contributed by atoms with Crippen LogP contribution in [0, 0.1) is 6.92 Å². The van der Waals surface area contributed by atoms with E-state index in [2.05, 4.69) is 28.5 Å². The molecule has 0 radical (unpaired) electrons. The van der Waals surface area contributed by atoms with Crippen LogP contribution < -0.4 is 5.32 Å². The minimum atomic E-state index is -0.825. The summed E-state index contributed by atoms with van der Waals surface area (Å²) in [7, 11) is 0. The number of H-pyrrole nitrogens is 1. The van der Waals surface area contributed by atoms with Crippen LogP contribution in [0.5, 0.6) is 0 Å². The lowest BCUT2D eigenvalue weighted by Gasteiger charge is -2.20. The highest BCUT2D eigenvalue weighted by molar-refractivity contribution is 5.88. The summed E-state index contributed by atoms with van der Waals surface area (Å²) in [5.41, 5.74) is 4.16. The number of aliphatic carboxylic acids is 1. The zero-order valence-corrected chi connectivity index (χ0v) is 9.58. The van der Waals surface area contributed by atoms with Crippen LogP contribution in [-0.4, -0.2) is 22.6 Å². The lowest BCUT2D eigenvalue weighted by atomic mass is 9.99. The largest absolute Gasteiger partial charge is 0.480 e. The Bertz CT molecular complexity index is 601. The summed E-state index contributed by atoms with van der Waals surface area (Å²) in [6, 6.07) is 5.59. The SMILES string of the molecule is Cc1ccc2c3c([nH]c2c1)C(C(=O)O)NCC3.